The molecule has 4 heteroatoms. The highest BCUT2D eigenvalue weighted by atomic mass is 32.2. The fraction of sp³-hybridized carbons (Fsp3) is 0.364. The van der Waals surface area contributed by atoms with Crippen LogP contribution >= 0.6 is 11.8 Å². The lowest BCUT2D eigenvalue weighted by atomic mass is 10.1. The van der Waals surface area contributed by atoms with E-state index >= 15 is 0 Å². The van der Waals surface area contributed by atoms with Crippen LogP contribution < -0.4 is 5.32 Å². The Morgan fingerprint density at radius 2 is 2.00 bits per heavy atom. The van der Waals surface area contributed by atoms with Crippen LogP contribution in [0.5, 0.6) is 0 Å². The van der Waals surface area contributed by atoms with Gasteiger partial charge in [0.25, 0.3) is 0 Å². The summed E-state index contributed by atoms with van der Waals surface area (Å²) in [7, 11) is 1.85. The standard InChI is InChI=1S/C22H27F2NS/c1-17-8-12-19(13-9-17)26-22(7-5-3-4-6-16-25-2)20-14-10-18(23)11-15-21(20)24/h3-4,6,8,11-12,14-16,22,25H,5,7,9-10,13H2,1-2H3/b4-3-,16-6-. The van der Waals surface area contributed by atoms with E-state index in [1.165, 1.54) is 22.6 Å². The zero-order chi connectivity index (χ0) is 18.8. The number of rotatable bonds is 8. The highest BCUT2D eigenvalue weighted by molar-refractivity contribution is 8.03. The van der Waals surface area contributed by atoms with Crippen LogP contribution in [-0.2, 0) is 0 Å². The summed E-state index contributed by atoms with van der Waals surface area (Å²) in [6.45, 7) is 2.13. The molecule has 0 heterocycles. The van der Waals surface area contributed by atoms with Gasteiger partial charge in [0.1, 0.15) is 11.7 Å². The van der Waals surface area contributed by atoms with Crippen LogP contribution in [0, 0.1) is 0 Å². The summed E-state index contributed by atoms with van der Waals surface area (Å²) in [4.78, 5) is 1.27. The largest absolute Gasteiger partial charge is 0.394 e. The number of thioether (sulfide) groups is 1. The predicted octanol–water partition coefficient (Wildman–Crippen LogP) is 6.82. The van der Waals surface area contributed by atoms with Gasteiger partial charge in [-0.1, -0.05) is 36.0 Å². The predicted molar refractivity (Wildman–Crippen MR) is 110 cm³/mol. The first kappa shape index (κ1) is 20.5. The minimum Gasteiger partial charge on any atom is -0.394 e. The Hall–Kier alpha value is -1.81. The molecule has 2 aliphatic rings. The van der Waals surface area contributed by atoms with Crippen molar-refractivity contribution in [1.82, 2.24) is 5.32 Å². The van der Waals surface area contributed by atoms with E-state index in [0.717, 1.165) is 25.7 Å². The van der Waals surface area contributed by atoms with Crippen molar-refractivity contribution in [2.24, 2.45) is 0 Å². The maximum Gasteiger partial charge on any atom is 0.127 e. The molecule has 0 aromatic rings. The Morgan fingerprint density at radius 1 is 1.15 bits per heavy atom. The first-order valence-electron chi connectivity index (χ1n) is 9.04. The Bertz CT molecular complexity index is 693. The third kappa shape index (κ3) is 6.83. The molecule has 0 aromatic heterocycles. The van der Waals surface area contributed by atoms with Gasteiger partial charge < -0.3 is 5.32 Å². The molecule has 26 heavy (non-hydrogen) atoms. The average molecular weight is 376 g/mol. The molecule has 2 aliphatic carbocycles. The van der Waals surface area contributed by atoms with Crippen molar-refractivity contribution >= 4 is 11.8 Å². The summed E-state index contributed by atoms with van der Waals surface area (Å²) in [6.07, 6.45) is 20.2. The van der Waals surface area contributed by atoms with Crippen molar-refractivity contribution in [2.75, 3.05) is 7.05 Å². The molecule has 1 nitrogen and oxygen atoms in total. The Balaban J connectivity index is 2.10. The van der Waals surface area contributed by atoms with Crippen LogP contribution in [0.4, 0.5) is 8.78 Å². The third-order valence-electron chi connectivity index (χ3n) is 4.27. The van der Waals surface area contributed by atoms with Gasteiger partial charge in [0, 0.05) is 18.7 Å². The minimum atomic E-state index is -0.322. The van der Waals surface area contributed by atoms with E-state index in [0.29, 0.717) is 5.57 Å². The van der Waals surface area contributed by atoms with Crippen LogP contribution in [0.1, 0.15) is 39.0 Å². The maximum absolute atomic E-state index is 14.5. The molecule has 1 atom stereocenters. The summed E-state index contributed by atoms with van der Waals surface area (Å²) in [5.41, 5.74) is 1.99. The second-order valence-electron chi connectivity index (χ2n) is 6.40. The van der Waals surface area contributed by atoms with Gasteiger partial charge in [-0.05, 0) is 67.5 Å². The van der Waals surface area contributed by atoms with E-state index in [9.17, 15) is 8.78 Å². The fourth-order valence-corrected chi connectivity index (χ4v) is 4.09. The molecule has 0 saturated heterocycles. The summed E-state index contributed by atoms with van der Waals surface area (Å²) in [5, 5.41) is 2.92. The molecule has 0 spiro atoms. The monoisotopic (exact) mass is 375 g/mol. The van der Waals surface area contributed by atoms with Crippen LogP contribution in [0.3, 0.4) is 0 Å². The Kier molecular flexibility index (Phi) is 8.69. The normalized spacial score (nSPS) is 19.5. The molecule has 140 valence electrons. The second-order valence-corrected chi connectivity index (χ2v) is 7.73. The fourth-order valence-electron chi connectivity index (χ4n) is 2.77. The third-order valence-corrected chi connectivity index (χ3v) is 5.69. The quantitative estimate of drug-likeness (QED) is 0.467. The summed E-state index contributed by atoms with van der Waals surface area (Å²) < 4.78 is 28.1. The van der Waals surface area contributed by atoms with E-state index in [4.69, 9.17) is 0 Å². The summed E-state index contributed by atoms with van der Waals surface area (Å²) in [5.74, 6) is -0.622. The van der Waals surface area contributed by atoms with E-state index in [1.807, 2.05) is 25.4 Å². The van der Waals surface area contributed by atoms with Crippen molar-refractivity contribution < 1.29 is 8.78 Å². The molecule has 0 aliphatic heterocycles. The van der Waals surface area contributed by atoms with Crippen molar-refractivity contribution in [3.05, 3.63) is 82.5 Å². The minimum absolute atomic E-state index is 0.0125. The van der Waals surface area contributed by atoms with E-state index < -0.39 is 0 Å². The van der Waals surface area contributed by atoms with Crippen LogP contribution in [0.25, 0.3) is 0 Å². The first-order chi connectivity index (χ1) is 12.6. The topological polar surface area (TPSA) is 12.0 Å². The van der Waals surface area contributed by atoms with Gasteiger partial charge in [-0.3, -0.25) is 0 Å². The zero-order valence-corrected chi connectivity index (χ0v) is 16.3. The molecule has 0 aromatic carbocycles. The smallest absolute Gasteiger partial charge is 0.127 e. The lowest BCUT2D eigenvalue weighted by Crippen LogP contribution is -2.09. The SMILES string of the molecule is CN/C=C\C=C/CCC(SC1=CC=C(C)CC1)C1=CCC(F)=CC=C1F. The van der Waals surface area contributed by atoms with E-state index in [2.05, 4.69) is 30.5 Å². The number of hydrogen-bond donors (Lipinski definition) is 1. The van der Waals surface area contributed by atoms with Gasteiger partial charge in [-0.2, -0.15) is 0 Å². The molecule has 0 radical (unpaired) electrons. The molecular weight excluding hydrogens is 348 g/mol. The molecule has 1 unspecified atom stereocenters. The van der Waals surface area contributed by atoms with E-state index in [-0.39, 0.29) is 23.3 Å². The molecule has 2 rings (SSSR count). The Morgan fingerprint density at radius 3 is 2.73 bits per heavy atom. The molecule has 1 N–H and O–H groups in total. The van der Waals surface area contributed by atoms with Crippen molar-refractivity contribution in [3.63, 3.8) is 0 Å². The Labute approximate surface area is 160 Å². The molecule has 0 bridgehead atoms. The van der Waals surface area contributed by atoms with Crippen LogP contribution in [0.15, 0.2) is 82.5 Å². The van der Waals surface area contributed by atoms with Gasteiger partial charge >= 0.3 is 0 Å². The van der Waals surface area contributed by atoms with Crippen LogP contribution in [-0.4, -0.2) is 12.3 Å². The lowest BCUT2D eigenvalue weighted by Gasteiger charge is -2.21. The molecule has 0 saturated carbocycles. The van der Waals surface area contributed by atoms with E-state index in [1.54, 1.807) is 17.8 Å². The number of halogens is 2. The van der Waals surface area contributed by atoms with Gasteiger partial charge in [-0.25, -0.2) is 8.78 Å². The van der Waals surface area contributed by atoms with Crippen molar-refractivity contribution in [3.8, 4) is 0 Å². The van der Waals surface area contributed by atoms with Gasteiger partial charge in [0.2, 0.25) is 0 Å². The molecule has 0 fully saturated rings. The van der Waals surface area contributed by atoms with Crippen molar-refractivity contribution in [2.45, 2.75) is 44.3 Å². The number of hydrogen-bond acceptors (Lipinski definition) is 2. The summed E-state index contributed by atoms with van der Waals surface area (Å²) >= 11 is 1.71. The molecular formula is C22H27F2NS. The average Bonchev–Trinajstić information content (AvgIpc) is 2.80. The highest BCUT2D eigenvalue weighted by Crippen LogP contribution is 2.39. The number of allylic oxidation sites excluding steroid dienone is 12. The van der Waals surface area contributed by atoms with Crippen molar-refractivity contribution in [1.29, 1.82) is 0 Å². The first-order valence-corrected chi connectivity index (χ1v) is 9.92. The summed E-state index contributed by atoms with van der Waals surface area (Å²) in [6, 6.07) is 0. The number of nitrogens with one attached hydrogen (secondary N) is 1. The van der Waals surface area contributed by atoms with Gasteiger partial charge in [0.05, 0.1) is 0 Å². The second kappa shape index (κ2) is 11.0. The van der Waals surface area contributed by atoms with Gasteiger partial charge in [0.15, 0.2) is 0 Å². The molecule has 0 amide bonds. The maximum atomic E-state index is 14.5. The van der Waals surface area contributed by atoms with Crippen LogP contribution in [0.2, 0.25) is 0 Å². The lowest BCUT2D eigenvalue weighted by molar-refractivity contribution is 0.617. The zero-order valence-electron chi connectivity index (χ0n) is 15.5. The highest BCUT2D eigenvalue weighted by Gasteiger charge is 2.21. The van der Waals surface area contributed by atoms with Gasteiger partial charge in [-0.15, -0.1) is 11.8 Å².